The summed E-state index contributed by atoms with van der Waals surface area (Å²) in [6.45, 7) is 0.520. The number of hydrogen-bond acceptors (Lipinski definition) is 2. The Kier molecular flexibility index (Phi) is 6.54. The lowest BCUT2D eigenvalue weighted by molar-refractivity contribution is 0.00644. The van der Waals surface area contributed by atoms with E-state index in [0.29, 0.717) is 18.9 Å². The highest BCUT2D eigenvalue weighted by molar-refractivity contribution is 5.15. The highest BCUT2D eigenvalue weighted by Crippen LogP contribution is 2.30. The Morgan fingerprint density at radius 1 is 1.23 bits per heavy atom. The van der Waals surface area contributed by atoms with Crippen molar-refractivity contribution in [3.63, 3.8) is 0 Å². The zero-order chi connectivity index (χ0) is 15.8. The Morgan fingerprint density at radius 3 is 2.55 bits per heavy atom. The zero-order valence-corrected chi connectivity index (χ0v) is 12.6. The van der Waals surface area contributed by atoms with E-state index < -0.39 is 5.83 Å². The third-order valence-corrected chi connectivity index (χ3v) is 4.20. The molecule has 1 fully saturated rings. The van der Waals surface area contributed by atoms with Crippen molar-refractivity contribution in [3.05, 3.63) is 47.5 Å². The van der Waals surface area contributed by atoms with Crippen molar-refractivity contribution in [1.82, 2.24) is 0 Å². The molecule has 0 amide bonds. The lowest BCUT2D eigenvalue weighted by Gasteiger charge is -2.28. The van der Waals surface area contributed by atoms with Gasteiger partial charge >= 0.3 is 0 Å². The fourth-order valence-corrected chi connectivity index (χ4v) is 2.87. The predicted octanol–water partition coefficient (Wildman–Crippen LogP) is 5.06. The molecule has 22 heavy (non-hydrogen) atoms. The zero-order valence-electron chi connectivity index (χ0n) is 12.6. The van der Waals surface area contributed by atoms with Crippen molar-refractivity contribution in [2.24, 2.45) is 5.92 Å². The second-order valence-electron chi connectivity index (χ2n) is 5.82. The fourth-order valence-electron chi connectivity index (χ4n) is 2.87. The Hall–Kier alpha value is -1.73. The first-order valence-electron chi connectivity index (χ1n) is 7.79. The van der Waals surface area contributed by atoms with Crippen LogP contribution in [0.25, 0.3) is 0 Å². The van der Waals surface area contributed by atoms with Crippen LogP contribution in [-0.2, 0) is 11.3 Å². The second kappa shape index (κ2) is 8.65. The molecule has 0 saturated heterocycles. The molecular weight excluding hydrogens is 284 g/mol. The molecule has 1 aliphatic carbocycles. The molecular formula is C18H21F2NO. The van der Waals surface area contributed by atoms with Crippen molar-refractivity contribution in [2.75, 3.05) is 0 Å². The number of hydrogen-bond donors (Lipinski definition) is 0. The van der Waals surface area contributed by atoms with Crippen molar-refractivity contribution >= 4 is 0 Å². The van der Waals surface area contributed by atoms with Crippen molar-refractivity contribution in [3.8, 4) is 6.07 Å². The first kappa shape index (κ1) is 16.6. The van der Waals surface area contributed by atoms with E-state index in [9.17, 15) is 8.78 Å². The summed E-state index contributed by atoms with van der Waals surface area (Å²) in [6, 6.07) is 7.89. The van der Waals surface area contributed by atoms with Gasteiger partial charge in [0.15, 0.2) is 5.83 Å². The number of nitriles is 1. The average molecular weight is 305 g/mol. The fraction of sp³-hybridized carbons (Fsp3) is 0.500. The van der Waals surface area contributed by atoms with Gasteiger partial charge in [0.2, 0.25) is 0 Å². The Morgan fingerprint density at radius 2 is 1.91 bits per heavy atom. The molecule has 0 spiro atoms. The topological polar surface area (TPSA) is 33.0 Å². The highest BCUT2D eigenvalue weighted by Gasteiger charge is 2.21. The van der Waals surface area contributed by atoms with E-state index in [1.54, 1.807) is 12.1 Å². The lowest BCUT2D eigenvalue weighted by atomic mass is 9.84. The molecule has 0 bridgehead atoms. The second-order valence-corrected chi connectivity index (χ2v) is 5.82. The summed E-state index contributed by atoms with van der Waals surface area (Å²) in [5, 5.41) is 8.34. The highest BCUT2D eigenvalue weighted by atomic mass is 19.1. The minimum atomic E-state index is -0.684. The molecule has 0 aromatic heterocycles. The third kappa shape index (κ3) is 5.57. The predicted molar refractivity (Wildman–Crippen MR) is 81.0 cm³/mol. The maximum Gasteiger partial charge on any atom is 0.196 e. The molecule has 2 rings (SSSR count). The van der Waals surface area contributed by atoms with Crippen LogP contribution in [-0.4, -0.2) is 6.10 Å². The number of nitrogens with zero attached hydrogens (tertiary/aromatic N) is 1. The quantitative estimate of drug-likeness (QED) is 0.688. The van der Waals surface area contributed by atoms with Crippen LogP contribution >= 0.6 is 0 Å². The minimum Gasteiger partial charge on any atom is -0.374 e. The van der Waals surface area contributed by atoms with Gasteiger partial charge in [-0.25, -0.2) is 4.39 Å². The van der Waals surface area contributed by atoms with Crippen LogP contribution in [0, 0.1) is 23.1 Å². The number of ether oxygens (including phenoxy) is 1. The molecule has 0 unspecified atom stereocenters. The van der Waals surface area contributed by atoms with Gasteiger partial charge in [-0.2, -0.15) is 9.65 Å². The van der Waals surface area contributed by atoms with Gasteiger partial charge in [-0.05, 0) is 68.2 Å². The monoisotopic (exact) mass is 305 g/mol. The molecule has 0 N–H and O–H groups in total. The van der Waals surface area contributed by atoms with Crippen LogP contribution in [0.3, 0.4) is 0 Å². The first-order chi connectivity index (χ1) is 10.7. The maximum absolute atomic E-state index is 12.8. The van der Waals surface area contributed by atoms with Gasteiger partial charge in [0.25, 0.3) is 0 Å². The van der Waals surface area contributed by atoms with Gasteiger partial charge < -0.3 is 4.74 Å². The summed E-state index contributed by atoms with van der Waals surface area (Å²) < 4.78 is 31.4. The van der Waals surface area contributed by atoms with Crippen LogP contribution in [0.5, 0.6) is 0 Å². The van der Waals surface area contributed by atoms with E-state index in [0.717, 1.165) is 37.7 Å². The molecule has 1 aliphatic rings. The summed E-state index contributed by atoms with van der Waals surface area (Å²) in [5.41, 5.74) is 0.987. The summed E-state index contributed by atoms with van der Waals surface area (Å²) in [5.74, 6) is -0.323. The van der Waals surface area contributed by atoms with E-state index in [4.69, 9.17) is 10.00 Å². The Balaban J connectivity index is 1.65. The molecule has 118 valence electrons. The van der Waals surface area contributed by atoms with Crippen LogP contribution in [0.15, 0.2) is 36.2 Å². The van der Waals surface area contributed by atoms with Crippen molar-refractivity contribution in [2.45, 2.75) is 51.2 Å². The van der Waals surface area contributed by atoms with E-state index in [1.165, 1.54) is 24.3 Å². The van der Waals surface area contributed by atoms with Crippen LogP contribution < -0.4 is 0 Å². The molecule has 1 aromatic carbocycles. The molecule has 1 aromatic rings. The molecule has 0 aliphatic heterocycles. The van der Waals surface area contributed by atoms with E-state index in [-0.39, 0.29) is 11.9 Å². The standard InChI is InChI=1S/C18H21F2NO/c19-16-8-4-15(5-9-16)13-22-18-10-6-14(7-11-18)2-1-3-17(20)12-21/h3-5,8-9,14,18H,1-2,6-7,10-11,13H2/b17-3-. The molecule has 0 radical (unpaired) electrons. The number of benzene rings is 1. The molecule has 0 heterocycles. The molecule has 4 heteroatoms. The van der Waals surface area contributed by atoms with E-state index in [2.05, 4.69) is 0 Å². The molecule has 1 saturated carbocycles. The number of halogens is 2. The maximum atomic E-state index is 12.8. The number of rotatable bonds is 6. The van der Waals surface area contributed by atoms with Crippen molar-refractivity contribution in [1.29, 1.82) is 5.26 Å². The summed E-state index contributed by atoms with van der Waals surface area (Å²) in [6.07, 6.45) is 7.37. The van der Waals surface area contributed by atoms with E-state index in [1.807, 2.05) is 0 Å². The van der Waals surface area contributed by atoms with Gasteiger partial charge in [-0.15, -0.1) is 0 Å². The average Bonchev–Trinajstić information content (AvgIpc) is 2.55. The van der Waals surface area contributed by atoms with Crippen LogP contribution in [0.1, 0.15) is 44.1 Å². The smallest absolute Gasteiger partial charge is 0.196 e. The van der Waals surface area contributed by atoms with Crippen LogP contribution in [0.2, 0.25) is 0 Å². The third-order valence-electron chi connectivity index (χ3n) is 4.20. The van der Waals surface area contributed by atoms with Gasteiger partial charge in [-0.3, -0.25) is 0 Å². The molecule has 2 nitrogen and oxygen atoms in total. The summed E-state index contributed by atoms with van der Waals surface area (Å²) in [7, 11) is 0. The minimum absolute atomic E-state index is 0.230. The SMILES string of the molecule is N#C/C(F)=C/CCC1CCC(OCc2ccc(F)cc2)CC1. The Labute approximate surface area is 130 Å². The van der Waals surface area contributed by atoms with Gasteiger partial charge in [0.1, 0.15) is 11.9 Å². The first-order valence-corrected chi connectivity index (χ1v) is 7.79. The molecule has 0 atom stereocenters. The Bertz CT molecular complexity index is 525. The van der Waals surface area contributed by atoms with E-state index >= 15 is 0 Å². The van der Waals surface area contributed by atoms with Gasteiger partial charge in [0.05, 0.1) is 12.7 Å². The summed E-state index contributed by atoms with van der Waals surface area (Å²) >= 11 is 0. The van der Waals surface area contributed by atoms with Crippen LogP contribution in [0.4, 0.5) is 8.78 Å². The largest absolute Gasteiger partial charge is 0.374 e. The summed E-state index contributed by atoms with van der Waals surface area (Å²) in [4.78, 5) is 0. The number of allylic oxidation sites excluding steroid dienone is 2. The van der Waals surface area contributed by atoms with Gasteiger partial charge in [0, 0.05) is 0 Å². The van der Waals surface area contributed by atoms with Gasteiger partial charge in [-0.1, -0.05) is 12.1 Å². The van der Waals surface area contributed by atoms with Crippen molar-refractivity contribution < 1.29 is 13.5 Å². The lowest BCUT2D eigenvalue weighted by Crippen LogP contribution is -2.21. The normalized spacial score (nSPS) is 22.3.